The molecule has 130 valence electrons. The lowest BCUT2D eigenvalue weighted by atomic mass is 10.1. The summed E-state index contributed by atoms with van der Waals surface area (Å²) in [6.07, 6.45) is 3.37. The van der Waals surface area contributed by atoms with E-state index in [1.54, 1.807) is 24.3 Å². The molecule has 0 aromatic carbocycles. The summed E-state index contributed by atoms with van der Waals surface area (Å²) in [6, 6.07) is 6.47. The van der Waals surface area contributed by atoms with Crippen molar-refractivity contribution < 1.29 is 19.4 Å². The summed E-state index contributed by atoms with van der Waals surface area (Å²) in [5.74, 6) is -0.547. The number of hydrogen-bond acceptors (Lipinski definition) is 5. The second-order valence-electron chi connectivity index (χ2n) is 5.82. The fourth-order valence-corrected chi connectivity index (χ4v) is 2.49. The van der Waals surface area contributed by atoms with Crippen molar-refractivity contribution in [2.75, 3.05) is 6.61 Å². The van der Waals surface area contributed by atoms with Crippen molar-refractivity contribution in [2.45, 2.75) is 32.2 Å². The molecule has 0 spiro atoms. The predicted octanol–water partition coefficient (Wildman–Crippen LogP) is 2.38. The molecular weight excluding hydrogens is 322 g/mol. The number of ether oxygens (including phenoxy) is 1. The Kier molecular flexibility index (Phi) is 4.92. The summed E-state index contributed by atoms with van der Waals surface area (Å²) in [7, 11) is 0. The zero-order valence-corrected chi connectivity index (χ0v) is 13.9. The van der Waals surface area contributed by atoms with Crippen molar-refractivity contribution in [3.05, 3.63) is 53.0 Å². The van der Waals surface area contributed by atoms with E-state index in [1.807, 2.05) is 6.92 Å². The molecule has 2 aromatic rings. The third kappa shape index (κ3) is 4.12. The van der Waals surface area contributed by atoms with Gasteiger partial charge in [0.15, 0.2) is 0 Å². The van der Waals surface area contributed by atoms with Gasteiger partial charge in [-0.1, -0.05) is 0 Å². The second kappa shape index (κ2) is 7.29. The number of pyridine rings is 2. The van der Waals surface area contributed by atoms with Crippen molar-refractivity contribution in [3.63, 3.8) is 0 Å². The van der Waals surface area contributed by atoms with Gasteiger partial charge in [0.05, 0.1) is 35.7 Å². The van der Waals surface area contributed by atoms with Crippen molar-refractivity contribution in [2.24, 2.45) is 0 Å². The fourth-order valence-electron chi connectivity index (χ4n) is 2.49. The van der Waals surface area contributed by atoms with Crippen molar-refractivity contribution >= 4 is 11.9 Å². The molecule has 25 heavy (non-hydrogen) atoms. The van der Waals surface area contributed by atoms with Crippen LogP contribution in [-0.4, -0.2) is 33.6 Å². The first kappa shape index (κ1) is 16.9. The maximum Gasteiger partial charge on any atom is 0.337 e. The van der Waals surface area contributed by atoms with Crippen LogP contribution in [0.15, 0.2) is 30.5 Å². The molecule has 3 rings (SSSR count). The number of amides is 1. The van der Waals surface area contributed by atoms with Gasteiger partial charge in [-0.05, 0) is 38.0 Å². The van der Waals surface area contributed by atoms with E-state index in [-0.39, 0.29) is 23.9 Å². The highest BCUT2D eigenvalue weighted by Gasteiger charge is 2.29. The van der Waals surface area contributed by atoms with E-state index >= 15 is 0 Å². The molecule has 0 unspecified atom stereocenters. The standard InChI is InChI=1S/C18H19N3O4/c1-2-25-15-8-5-12(9-19-15)17(22)20-10-13-6-7-14(18(23)24)16(21-13)11-3-4-11/h5-9,11H,2-4,10H2,1H3,(H,20,22)(H,23,24). The first-order valence-corrected chi connectivity index (χ1v) is 8.18. The molecule has 0 radical (unpaired) electrons. The van der Waals surface area contributed by atoms with Gasteiger partial charge in [0.25, 0.3) is 5.91 Å². The number of carbonyl (C=O) groups excluding carboxylic acids is 1. The number of carboxylic acids is 1. The SMILES string of the molecule is CCOc1ccc(C(=O)NCc2ccc(C(=O)O)c(C3CC3)n2)cn1. The van der Waals surface area contributed by atoms with Crippen LogP contribution in [0, 0.1) is 0 Å². The van der Waals surface area contributed by atoms with Gasteiger partial charge in [-0.15, -0.1) is 0 Å². The molecule has 7 heteroatoms. The summed E-state index contributed by atoms with van der Waals surface area (Å²) in [4.78, 5) is 31.9. The summed E-state index contributed by atoms with van der Waals surface area (Å²) in [6.45, 7) is 2.60. The van der Waals surface area contributed by atoms with Crippen LogP contribution in [-0.2, 0) is 6.54 Å². The van der Waals surface area contributed by atoms with E-state index in [1.165, 1.54) is 6.20 Å². The molecule has 2 heterocycles. The number of nitrogens with one attached hydrogen (secondary N) is 1. The zero-order valence-electron chi connectivity index (χ0n) is 13.9. The molecule has 0 aliphatic heterocycles. The molecule has 2 aromatic heterocycles. The average Bonchev–Trinajstić information content (AvgIpc) is 3.45. The zero-order chi connectivity index (χ0) is 17.8. The third-order valence-corrected chi connectivity index (χ3v) is 3.90. The van der Waals surface area contributed by atoms with Crippen LogP contribution < -0.4 is 10.1 Å². The Bertz CT molecular complexity index is 785. The highest BCUT2D eigenvalue weighted by Crippen LogP contribution is 2.40. The normalized spacial score (nSPS) is 13.3. The van der Waals surface area contributed by atoms with Crippen LogP contribution in [0.3, 0.4) is 0 Å². The Morgan fingerprint density at radius 2 is 2.08 bits per heavy atom. The summed E-state index contributed by atoms with van der Waals surface area (Å²) in [5.41, 5.74) is 1.92. The maximum atomic E-state index is 12.2. The van der Waals surface area contributed by atoms with E-state index in [2.05, 4.69) is 15.3 Å². The second-order valence-corrected chi connectivity index (χ2v) is 5.82. The Labute approximate surface area is 145 Å². The fraction of sp³-hybridized carbons (Fsp3) is 0.333. The lowest BCUT2D eigenvalue weighted by molar-refractivity contribution is 0.0694. The molecule has 0 bridgehead atoms. The average molecular weight is 341 g/mol. The maximum absolute atomic E-state index is 12.2. The highest BCUT2D eigenvalue weighted by molar-refractivity contribution is 5.93. The minimum atomic E-state index is -0.967. The van der Waals surface area contributed by atoms with Crippen LogP contribution in [0.25, 0.3) is 0 Å². The highest BCUT2D eigenvalue weighted by atomic mass is 16.5. The van der Waals surface area contributed by atoms with Gasteiger partial charge in [0.2, 0.25) is 5.88 Å². The number of carboxylic acid groups (broad SMARTS) is 1. The summed E-state index contributed by atoms with van der Waals surface area (Å²) in [5, 5.41) is 12.0. The Balaban J connectivity index is 1.65. The van der Waals surface area contributed by atoms with Crippen molar-refractivity contribution in [1.29, 1.82) is 0 Å². The quantitative estimate of drug-likeness (QED) is 0.802. The molecule has 1 aliphatic carbocycles. The first-order valence-electron chi connectivity index (χ1n) is 8.18. The predicted molar refractivity (Wildman–Crippen MR) is 89.7 cm³/mol. The Morgan fingerprint density at radius 3 is 2.68 bits per heavy atom. The number of aromatic nitrogens is 2. The molecule has 1 aliphatic rings. The van der Waals surface area contributed by atoms with Crippen molar-refractivity contribution in [1.82, 2.24) is 15.3 Å². The van der Waals surface area contributed by atoms with Crippen molar-refractivity contribution in [3.8, 4) is 5.88 Å². The lowest BCUT2D eigenvalue weighted by Gasteiger charge is -2.09. The molecule has 1 fully saturated rings. The Morgan fingerprint density at radius 1 is 1.28 bits per heavy atom. The van der Waals surface area contributed by atoms with Crippen LogP contribution >= 0.6 is 0 Å². The van der Waals surface area contributed by atoms with Crippen LogP contribution in [0.2, 0.25) is 0 Å². The van der Waals surface area contributed by atoms with Crippen LogP contribution in [0.5, 0.6) is 5.88 Å². The van der Waals surface area contributed by atoms with Gasteiger partial charge in [0.1, 0.15) is 0 Å². The minimum absolute atomic E-state index is 0.220. The van der Waals surface area contributed by atoms with Gasteiger partial charge < -0.3 is 15.2 Å². The van der Waals surface area contributed by atoms with Gasteiger partial charge in [-0.2, -0.15) is 0 Å². The van der Waals surface area contributed by atoms with Gasteiger partial charge in [0, 0.05) is 18.2 Å². The molecule has 7 nitrogen and oxygen atoms in total. The molecular formula is C18H19N3O4. The lowest BCUT2D eigenvalue weighted by Crippen LogP contribution is -2.24. The van der Waals surface area contributed by atoms with E-state index in [0.29, 0.717) is 29.4 Å². The van der Waals surface area contributed by atoms with E-state index in [4.69, 9.17) is 4.74 Å². The van der Waals surface area contributed by atoms with Crippen LogP contribution in [0.4, 0.5) is 0 Å². The number of hydrogen-bond donors (Lipinski definition) is 2. The topological polar surface area (TPSA) is 101 Å². The van der Waals surface area contributed by atoms with Gasteiger partial charge in [-0.3, -0.25) is 9.78 Å². The van der Waals surface area contributed by atoms with Gasteiger partial charge >= 0.3 is 5.97 Å². The minimum Gasteiger partial charge on any atom is -0.478 e. The third-order valence-electron chi connectivity index (χ3n) is 3.90. The first-order chi connectivity index (χ1) is 12.1. The summed E-state index contributed by atoms with van der Waals surface area (Å²) < 4.78 is 5.24. The smallest absolute Gasteiger partial charge is 0.337 e. The Hall–Kier alpha value is -2.96. The van der Waals surface area contributed by atoms with E-state index < -0.39 is 5.97 Å². The van der Waals surface area contributed by atoms with Gasteiger partial charge in [-0.25, -0.2) is 9.78 Å². The van der Waals surface area contributed by atoms with E-state index in [9.17, 15) is 14.7 Å². The molecule has 1 saturated carbocycles. The monoisotopic (exact) mass is 341 g/mol. The molecule has 0 atom stereocenters. The molecule has 1 amide bonds. The number of nitrogens with zero attached hydrogens (tertiary/aromatic N) is 2. The molecule has 0 saturated heterocycles. The number of aromatic carboxylic acids is 1. The molecule has 2 N–H and O–H groups in total. The largest absolute Gasteiger partial charge is 0.478 e. The van der Waals surface area contributed by atoms with Crippen LogP contribution in [0.1, 0.15) is 57.8 Å². The summed E-state index contributed by atoms with van der Waals surface area (Å²) >= 11 is 0. The number of carbonyl (C=O) groups is 2. The number of rotatable bonds is 7. The van der Waals surface area contributed by atoms with E-state index in [0.717, 1.165) is 12.8 Å².